The number of carbonyl (C=O) groups excluding carboxylic acids is 2. The van der Waals surface area contributed by atoms with Crippen molar-refractivity contribution in [3.05, 3.63) is 35.4 Å². The van der Waals surface area contributed by atoms with Gasteiger partial charge in [0.05, 0.1) is 6.04 Å². The van der Waals surface area contributed by atoms with Gasteiger partial charge in [0.1, 0.15) is 0 Å². The number of hydrogen-bond donors (Lipinski definition) is 2. The van der Waals surface area contributed by atoms with E-state index >= 15 is 0 Å². The third-order valence-corrected chi connectivity index (χ3v) is 6.50. The second-order valence-corrected chi connectivity index (χ2v) is 8.66. The van der Waals surface area contributed by atoms with Crippen LogP contribution in [0.5, 0.6) is 0 Å². The van der Waals surface area contributed by atoms with Gasteiger partial charge < -0.3 is 20.4 Å². The number of nitrogens with one attached hydrogen (secondary N) is 2. The minimum absolute atomic E-state index is 0.0267. The van der Waals surface area contributed by atoms with E-state index in [-0.39, 0.29) is 29.6 Å². The van der Waals surface area contributed by atoms with Gasteiger partial charge in [-0.1, -0.05) is 38.1 Å². The van der Waals surface area contributed by atoms with E-state index in [1.807, 2.05) is 9.80 Å². The van der Waals surface area contributed by atoms with Crippen molar-refractivity contribution < 1.29 is 9.59 Å². The Bertz CT molecular complexity index is 725. The van der Waals surface area contributed by atoms with Crippen LogP contribution >= 0.6 is 0 Å². The van der Waals surface area contributed by atoms with Gasteiger partial charge in [-0.05, 0) is 42.2 Å². The van der Waals surface area contributed by atoms with Gasteiger partial charge in [0.25, 0.3) is 0 Å². The van der Waals surface area contributed by atoms with Crippen molar-refractivity contribution in [2.45, 2.75) is 57.0 Å². The Labute approximate surface area is 161 Å². The molecule has 1 atom stereocenters. The van der Waals surface area contributed by atoms with Crippen LogP contribution in [-0.4, -0.2) is 54.1 Å². The van der Waals surface area contributed by atoms with Crippen molar-refractivity contribution in [3.63, 3.8) is 0 Å². The molecule has 4 amide bonds. The Hall–Kier alpha value is -2.24. The first-order valence-corrected chi connectivity index (χ1v) is 10.1. The van der Waals surface area contributed by atoms with Crippen molar-refractivity contribution in [1.29, 1.82) is 0 Å². The van der Waals surface area contributed by atoms with E-state index in [0.717, 1.165) is 38.8 Å². The van der Waals surface area contributed by atoms with Crippen LogP contribution in [-0.2, 0) is 5.41 Å². The number of hydrogen-bond acceptors (Lipinski definition) is 2. The molecule has 0 saturated carbocycles. The highest BCUT2D eigenvalue weighted by Crippen LogP contribution is 2.41. The summed E-state index contributed by atoms with van der Waals surface area (Å²) in [5.74, 6) is 0. The summed E-state index contributed by atoms with van der Waals surface area (Å²) in [6.45, 7) is 7.49. The van der Waals surface area contributed by atoms with E-state index in [0.29, 0.717) is 13.1 Å². The van der Waals surface area contributed by atoms with Gasteiger partial charge in [-0.3, -0.25) is 0 Å². The first-order chi connectivity index (χ1) is 13.0. The molecule has 2 N–H and O–H groups in total. The molecule has 27 heavy (non-hydrogen) atoms. The molecular weight excluding hydrogens is 340 g/mol. The minimum atomic E-state index is 0.0267. The lowest BCUT2D eigenvalue weighted by atomic mass is 9.71. The summed E-state index contributed by atoms with van der Waals surface area (Å²) in [6.07, 6.45) is 3.76. The molecule has 4 rings (SSSR count). The third-order valence-electron chi connectivity index (χ3n) is 6.50. The zero-order chi connectivity index (χ0) is 19.0. The maximum atomic E-state index is 12.9. The number of fused-ring (bicyclic) bond motifs is 1. The SMILES string of the molecule is CC1(C)CCC(NC(=O)N2CCC(N3CCNC3=O)CC2)c2ccccc21. The molecule has 0 radical (unpaired) electrons. The average Bonchev–Trinajstić information content (AvgIpc) is 3.10. The van der Waals surface area contributed by atoms with Gasteiger partial charge in [0.15, 0.2) is 0 Å². The first kappa shape index (κ1) is 18.1. The van der Waals surface area contributed by atoms with Crippen molar-refractivity contribution in [2.75, 3.05) is 26.2 Å². The average molecular weight is 370 g/mol. The molecule has 1 aromatic carbocycles. The predicted molar refractivity (Wildman–Crippen MR) is 105 cm³/mol. The molecule has 1 aromatic rings. The third kappa shape index (κ3) is 3.49. The summed E-state index contributed by atoms with van der Waals surface area (Å²) < 4.78 is 0. The standard InChI is InChI=1S/C21H30N4O2/c1-21(2)10-7-18(16-5-3-4-6-17(16)21)23-20(27)24-12-8-15(9-13-24)25-14-11-22-19(25)26/h3-6,15,18H,7-14H2,1-2H3,(H,22,26)(H,23,27). The molecule has 6 nitrogen and oxygen atoms in total. The van der Waals surface area contributed by atoms with E-state index in [1.54, 1.807) is 0 Å². The molecular formula is C21H30N4O2. The predicted octanol–water partition coefficient (Wildman–Crippen LogP) is 3.00. The number of rotatable bonds is 2. The number of amides is 4. The summed E-state index contributed by atoms with van der Waals surface area (Å²) >= 11 is 0. The maximum Gasteiger partial charge on any atom is 0.317 e. The van der Waals surface area contributed by atoms with E-state index in [1.165, 1.54) is 11.1 Å². The number of carbonyl (C=O) groups is 2. The molecule has 0 aromatic heterocycles. The Morgan fingerprint density at radius 2 is 1.89 bits per heavy atom. The van der Waals surface area contributed by atoms with Crippen molar-refractivity contribution >= 4 is 12.1 Å². The molecule has 0 bridgehead atoms. The fourth-order valence-electron chi connectivity index (χ4n) is 4.82. The fourth-order valence-corrected chi connectivity index (χ4v) is 4.82. The van der Waals surface area contributed by atoms with Gasteiger partial charge in [-0.25, -0.2) is 9.59 Å². The second-order valence-electron chi connectivity index (χ2n) is 8.66. The van der Waals surface area contributed by atoms with Crippen LogP contribution in [0.2, 0.25) is 0 Å². The minimum Gasteiger partial charge on any atom is -0.336 e. The summed E-state index contributed by atoms with van der Waals surface area (Å²) in [7, 11) is 0. The van der Waals surface area contributed by atoms with Gasteiger partial charge >= 0.3 is 12.1 Å². The van der Waals surface area contributed by atoms with Gasteiger partial charge in [0, 0.05) is 32.2 Å². The zero-order valence-corrected chi connectivity index (χ0v) is 16.3. The zero-order valence-electron chi connectivity index (χ0n) is 16.3. The van der Waals surface area contributed by atoms with Crippen LogP contribution in [0.1, 0.15) is 56.7 Å². The summed E-state index contributed by atoms with van der Waals surface area (Å²) in [5.41, 5.74) is 2.76. The number of benzene rings is 1. The smallest absolute Gasteiger partial charge is 0.317 e. The first-order valence-electron chi connectivity index (χ1n) is 10.1. The number of urea groups is 2. The van der Waals surface area contributed by atoms with Crippen molar-refractivity contribution in [3.8, 4) is 0 Å². The lowest BCUT2D eigenvalue weighted by molar-refractivity contribution is 0.138. The molecule has 146 valence electrons. The lowest BCUT2D eigenvalue weighted by Gasteiger charge is -2.39. The summed E-state index contributed by atoms with van der Waals surface area (Å²) in [6, 6.07) is 8.91. The molecule has 1 aliphatic carbocycles. The van der Waals surface area contributed by atoms with Crippen LogP contribution < -0.4 is 10.6 Å². The highest BCUT2D eigenvalue weighted by molar-refractivity contribution is 5.77. The lowest BCUT2D eigenvalue weighted by Crippen LogP contribution is -2.51. The van der Waals surface area contributed by atoms with Crippen LogP contribution in [0, 0.1) is 0 Å². The highest BCUT2D eigenvalue weighted by Gasteiger charge is 2.35. The van der Waals surface area contributed by atoms with E-state index < -0.39 is 0 Å². The normalized spacial score (nSPS) is 25.1. The monoisotopic (exact) mass is 370 g/mol. The highest BCUT2D eigenvalue weighted by atomic mass is 16.2. The van der Waals surface area contributed by atoms with Gasteiger partial charge in [0.2, 0.25) is 0 Å². The molecule has 2 aliphatic heterocycles. The Kier molecular flexibility index (Phi) is 4.74. The second kappa shape index (κ2) is 7.06. The molecule has 3 aliphatic rings. The number of piperidine rings is 1. The van der Waals surface area contributed by atoms with E-state index in [9.17, 15) is 9.59 Å². The Balaban J connectivity index is 1.37. The summed E-state index contributed by atoms with van der Waals surface area (Å²) in [5, 5.41) is 6.13. The number of nitrogens with zero attached hydrogens (tertiary/aromatic N) is 2. The van der Waals surface area contributed by atoms with Gasteiger partial charge in [-0.15, -0.1) is 0 Å². The largest absolute Gasteiger partial charge is 0.336 e. The van der Waals surface area contributed by atoms with E-state index in [2.05, 4.69) is 48.7 Å². The van der Waals surface area contributed by atoms with Crippen LogP contribution in [0.4, 0.5) is 9.59 Å². The van der Waals surface area contributed by atoms with Crippen LogP contribution in [0.25, 0.3) is 0 Å². The summed E-state index contributed by atoms with van der Waals surface area (Å²) in [4.78, 5) is 28.5. The van der Waals surface area contributed by atoms with Crippen LogP contribution in [0.3, 0.4) is 0 Å². The maximum absolute atomic E-state index is 12.9. The molecule has 6 heteroatoms. The Morgan fingerprint density at radius 1 is 1.15 bits per heavy atom. The van der Waals surface area contributed by atoms with Gasteiger partial charge in [-0.2, -0.15) is 0 Å². The Morgan fingerprint density at radius 3 is 2.59 bits per heavy atom. The topological polar surface area (TPSA) is 64.7 Å². The molecule has 2 fully saturated rings. The van der Waals surface area contributed by atoms with Crippen LogP contribution in [0.15, 0.2) is 24.3 Å². The van der Waals surface area contributed by atoms with Crippen molar-refractivity contribution in [2.24, 2.45) is 0 Å². The molecule has 2 heterocycles. The van der Waals surface area contributed by atoms with E-state index in [4.69, 9.17) is 0 Å². The quantitative estimate of drug-likeness (QED) is 0.841. The molecule has 2 saturated heterocycles. The molecule has 0 spiro atoms. The number of likely N-dealkylation sites (tertiary alicyclic amines) is 1. The fraction of sp³-hybridized carbons (Fsp3) is 0.619. The molecule has 1 unspecified atom stereocenters. The van der Waals surface area contributed by atoms with Crippen molar-refractivity contribution in [1.82, 2.24) is 20.4 Å².